The highest BCUT2D eigenvalue weighted by molar-refractivity contribution is 5.70. The summed E-state index contributed by atoms with van der Waals surface area (Å²) < 4.78 is 2.23. The highest BCUT2D eigenvalue weighted by Gasteiger charge is 2.29. The van der Waals surface area contributed by atoms with E-state index in [-0.39, 0.29) is 0 Å². The summed E-state index contributed by atoms with van der Waals surface area (Å²) >= 11 is 0. The zero-order valence-corrected chi connectivity index (χ0v) is 11.6. The molecule has 0 bridgehead atoms. The van der Waals surface area contributed by atoms with Gasteiger partial charge >= 0.3 is 0 Å². The second-order valence-electron chi connectivity index (χ2n) is 5.30. The smallest absolute Gasteiger partial charge is 0.132 e. The number of rotatable bonds is 4. The molecule has 3 rings (SSSR count). The fourth-order valence-electron chi connectivity index (χ4n) is 2.45. The van der Waals surface area contributed by atoms with Gasteiger partial charge in [0, 0.05) is 29.9 Å². The van der Waals surface area contributed by atoms with Gasteiger partial charge in [-0.05, 0) is 38.3 Å². The number of pyridine rings is 1. The first-order valence-electron chi connectivity index (χ1n) is 7.00. The summed E-state index contributed by atoms with van der Waals surface area (Å²) in [6, 6.07) is 4.62. The van der Waals surface area contributed by atoms with Crippen LogP contribution in [0, 0.1) is 6.92 Å². The number of nitrogens with two attached hydrogens (primary N) is 1. The van der Waals surface area contributed by atoms with Crippen LogP contribution in [0.1, 0.15) is 43.7 Å². The van der Waals surface area contributed by atoms with Crippen molar-refractivity contribution in [3.63, 3.8) is 0 Å². The van der Waals surface area contributed by atoms with E-state index in [1.807, 2.05) is 25.3 Å². The molecule has 0 radical (unpaired) electrons. The highest BCUT2D eigenvalue weighted by atomic mass is 15.2. The highest BCUT2D eigenvalue weighted by Crippen LogP contribution is 2.41. The van der Waals surface area contributed by atoms with Crippen molar-refractivity contribution in [3.8, 4) is 11.3 Å². The Morgan fingerprint density at radius 3 is 2.74 bits per heavy atom. The van der Waals surface area contributed by atoms with E-state index in [4.69, 9.17) is 10.7 Å². The second-order valence-corrected chi connectivity index (χ2v) is 5.30. The zero-order chi connectivity index (χ0) is 13.4. The summed E-state index contributed by atoms with van der Waals surface area (Å²) in [5, 5.41) is 0. The van der Waals surface area contributed by atoms with Crippen LogP contribution in [0.5, 0.6) is 0 Å². The quantitative estimate of drug-likeness (QED) is 0.914. The maximum Gasteiger partial charge on any atom is 0.132 e. The van der Waals surface area contributed by atoms with E-state index >= 15 is 0 Å². The maximum atomic E-state index is 6.32. The molecule has 2 aromatic heterocycles. The molecule has 0 aromatic carbocycles. The van der Waals surface area contributed by atoms with Crippen LogP contribution in [0.25, 0.3) is 11.3 Å². The number of hydrogen-bond donors (Lipinski definition) is 1. The van der Waals surface area contributed by atoms with E-state index in [9.17, 15) is 0 Å². The number of imidazole rings is 1. The summed E-state index contributed by atoms with van der Waals surface area (Å²) in [5.41, 5.74) is 9.24. The first kappa shape index (κ1) is 12.2. The van der Waals surface area contributed by atoms with Crippen LogP contribution >= 0.6 is 0 Å². The van der Waals surface area contributed by atoms with Gasteiger partial charge in [0.1, 0.15) is 17.3 Å². The maximum absolute atomic E-state index is 6.32. The van der Waals surface area contributed by atoms with Crippen molar-refractivity contribution in [1.82, 2.24) is 14.5 Å². The number of aromatic nitrogens is 3. The minimum absolute atomic E-state index is 0.571. The Labute approximate surface area is 113 Å². The van der Waals surface area contributed by atoms with Crippen molar-refractivity contribution in [1.29, 1.82) is 0 Å². The largest absolute Gasteiger partial charge is 0.383 e. The number of nitrogens with zero attached hydrogens (tertiary/aromatic N) is 3. The van der Waals surface area contributed by atoms with Crippen molar-refractivity contribution in [2.24, 2.45) is 0 Å². The third kappa shape index (κ3) is 2.23. The molecular formula is C15H20N4. The Kier molecular flexibility index (Phi) is 3.01. The molecule has 2 heterocycles. The third-order valence-electron chi connectivity index (χ3n) is 3.59. The van der Waals surface area contributed by atoms with E-state index in [1.165, 1.54) is 12.8 Å². The van der Waals surface area contributed by atoms with E-state index < -0.39 is 0 Å². The minimum atomic E-state index is 0.571. The molecular weight excluding hydrogens is 236 g/mol. The Balaban J connectivity index is 2.06. The summed E-state index contributed by atoms with van der Waals surface area (Å²) in [6.07, 6.45) is 6.39. The van der Waals surface area contributed by atoms with Crippen LogP contribution in [0.2, 0.25) is 0 Å². The Hall–Kier alpha value is -1.84. The van der Waals surface area contributed by atoms with Crippen LogP contribution in [0.15, 0.2) is 18.3 Å². The molecule has 2 aromatic rings. The topological polar surface area (TPSA) is 56.7 Å². The predicted molar refractivity (Wildman–Crippen MR) is 76.9 cm³/mol. The van der Waals surface area contributed by atoms with E-state index in [0.29, 0.717) is 6.04 Å². The van der Waals surface area contributed by atoms with Crippen molar-refractivity contribution in [3.05, 3.63) is 29.8 Å². The van der Waals surface area contributed by atoms with Gasteiger partial charge in [0.2, 0.25) is 0 Å². The average molecular weight is 256 g/mol. The van der Waals surface area contributed by atoms with Gasteiger partial charge in [0.05, 0.1) is 0 Å². The van der Waals surface area contributed by atoms with Crippen LogP contribution in [0.4, 0.5) is 5.82 Å². The monoisotopic (exact) mass is 256 g/mol. The lowest BCUT2D eigenvalue weighted by Crippen LogP contribution is -2.05. The first-order valence-corrected chi connectivity index (χ1v) is 7.00. The number of anilines is 1. The number of nitrogen functional groups attached to an aromatic ring is 1. The molecule has 0 atom stereocenters. The lowest BCUT2D eigenvalue weighted by Gasteiger charge is -2.07. The predicted octanol–water partition coefficient (Wildman–Crippen LogP) is 3.12. The number of aryl methyl sites for hydroxylation is 2. The van der Waals surface area contributed by atoms with Crippen molar-refractivity contribution < 1.29 is 0 Å². The molecule has 0 saturated heterocycles. The van der Waals surface area contributed by atoms with Gasteiger partial charge in [-0.3, -0.25) is 4.98 Å². The minimum Gasteiger partial charge on any atom is -0.383 e. The summed E-state index contributed by atoms with van der Waals surface area (Å²) in [6.45, 7) is 4.16. The summed E-state index contributed by atoms with van der Waals surface area (Å²) in [7, 11) is 0. The van der Waals surface area contributed by atoms with Crippen molar-refractivity contribution >= 4 is 5.82 Å². The van der Waals surface area contributed by atoms with Crippen LogP contribution in [-0.4, -0.2) is 14.5 Å². The van der Waals surface area contributed by atoms with Gasteiger partial charge in [-0.15, -0.1) is 0 Å². The molecule has 19 heavy (non-hydrogen) atoms. The van der Waals surface area contributed by atoms with E-state index in [0.717, 1.165) is 41.4 Å². The molecule has 1 aliphatic carbocycles. The summed E-state index contributed by atoms with van der Waals surface area (Å²) in [5.74, 6) is 1.93. The number of hydrogen-bond acceptors (Lipinski definition) is 3. The molecule has 0 aliphatic heterocycles. The van der Waals surface area contributed by atoms with Crippen LogP contribution < -0.4 is 5.73 Å². The molecule has 4 heteroatoms. The second kappa shape index (κ2) is 4.68. The Morgan fingerprint density at radius 2 is 2.16 bits per heavy atom. The molecule has 0 spiro atoms. The Bertz CT molecular complexity index is 579. The molecule has 0 amide bonds. The van der Waals surface area contributed by atoms with Gasteiger partial charge in [0.25, 0.3) is 0 Å². The van der Waals surface area contributed by atoms with Gasteiger partial charge in [-0.1, -0.05) is 6.92 Å². The molecule has 2 N–H and O–H groups in total. The zero-order valence-electron chi connectivity index (χ0n) is 11.6. The molecule has 100 valence electrons. The van der Waals surface area contributed by atoms with Gasteiger partial charge < -0.3 is 10.3 Å². The fourth-order valence-corrected chi connectivity index (χ4v) is 2.45. The molecule has 1 aliphatic rings. The van der Waals surface area contributed by atoms with Gasteiger partial charge in [0.15, 0.2) is 0 Å². The normalized spacial score (nSPS) is 14.8. The fraction of sp³-hybridized carbons (Fsp3) is 0.467. The van der Waals surface area contributed by atoms with Gasteiger partial charge in [-0.25, -0.2) is 4.98 Å². The van der Waals surface area contributed by atoms with Gasteiger partial charge in [-0.2, -0.15) is 0 Å². The molecule has 0 unspecified atom stereocenters. The van der Waals surface area contributed by atoms with Crippen LogP contribution in [-0.2, 0) is 6.42 Å². The van der Waals surface area contributed by atoms with Crippen molar-refractivity contribution in [2.75, 3.05) is 5.73 Å². The first-order chi connectivity index (χ1) is 9.20. The molecule has 4 nitrogen and oxygen atoms in total. The van der Waals surface area contributed by atoms with E-state index in [1.54, 1.807) is 0 Å². The van der Waals surface area contributed by atoms with Crippen molar-refractivity contribution in [2.45, 2.75) is 45.6 Å². The summed E-state index contributed by atoms with van der Waals surface area (Å²) in [4.78, 5) is 9.10. The third-order valence-corrected chi connectivity index (χ3v) is 3.59. The molecule has 1 fully saturated rings. The SMILES string of the molecule is CCCc1nc(-c2ccc(C)nc2)c(N)n1C1CC1. The standard InChI is InChI=1S/C15H20N4/c1-3-4-13-18-14(11-6-5-10(2)17-9-11)15(16)19(13)12-7-8-12/h5-6,9,12H,3-4,7-8,16H2,1-2H3. The van der Waals surface area contributed by atoms with E-state index in [2.05, 4.69) is 16.5 Å². The van der Waals surface area contributed by atoms with Crippen LogP contribution in [0.3, 0.4) is 0 Å². The lowest BCUT2D eigenvalue weighted by molar-refractivity contribution is 0.676. The average Bonchev–Trinajstić information content (AvgIpc) is 3.17. The molecule has 1 saturated carbocycles. The lowest BCUT2D eigenvalue weighted by atomic mass is 10.2. The Morgan fingerprint density at radius 1 is 1.37 bits per heavy atom.